The molecule has 0 aromatic heterocycles. The van der Waals surface area contributed by atoms with E-state index in [2.05, 4.69) is 22.6 Å². The van der Waals surface area contributed by atoms with Crippen LogP contribution < -0.4 is 0 Å². The first-order chi connectivity index (χ1) is 5.27. The highest BCUT2D eigenvalue weighted by atomic mass is 127. The van der Waals surface area contributed by atoms with Gasteiger partial charge in [0.15, 0.2) is 6.29 Å². The Labute approximate surface area is 83.7 Å². The number of carbonyl (C=O) groups excluding carboxylic acids is 1. The predicted octanol–water partition coefficient (Wildman–Crippen LogP) is 2.83. The second-order valence-corrected chi connectivity index (χ2v) is 4.10. The molecule has 0 fully saturated rings. The Kier molecular flexibility index (Phi) is 3.39. The van der Waals surface area contributed by atoms with Crippen LogP contribution in [0.2, 0.25) is 0 Å². The molecule has 0 bridgehead atoms. The summed E-state index contributed by atoms with van der Waals surface area (Å²) in [7, 11) is 0. The zero-order valence-corrected chi connectivity index (χ0v) is 8.98. The minimum absolute atomic E-state index is 0.782. The van der Waals surface area contributed by atoms with Crippen molar-refractivity contribution >= 4 is 40.6 Å². The fraction of sp³-hybridized carbons (Fsp3) is 0.125. The van der Waals surface area contributed by atoms with Crippen molar-refractivity contribution in [2.24, 2.45) is 0 Å². The molecule has 3 heteroatoms. The first-order valence-corrected chi connectivity index (χ1v) is 5.37. The van der Waals surface area contributed by atoms with Crippen LogP contribution in [-0.4, -0.2) is 12.5 Å². The van der Waals surface area contributed by atoms with Crippen LogP contribution in [0.15, 0.2) is 23.1 Å². The summed E-state index contributed by atoms with van der Waals surface area (Å²) in [5.74, 6) is 0. The number of carbonyl (C=O) groups is 1. The number of rotatable bonds is 2. The second kappa shape index (κ2) is 4.11. The number of benzene rings is 1. The van der Waals surface area contributed by atoms with E-state index in [1.54, 1.807) is 11.8 Å². The topological polar surface area (TPSA) is 17.1 Å². The molecule has 0 aliphatic rings. The summed E-state index contributed by atoms with van der Waals surface area (Å²) in [5, 5.41) is 0. The Morgan fingerprint density at radius 2 is 2.27 bits per heavy atom. The zero-order chi connectivity index (χ0) is 8.27. The smallest absolute Gasteiger partial charge is 0.151 e. The molecule has 0 aliphatic heterocycles. The molecule has 0 unspecified atom stereocenters. The van der Waals surface area contributed by atoms with Crippen LogP contribution in [0.1, 0.15) is 10.4 Å². The van der Waals surface area contributed by atoms with Gasteiger partial charge in [0, 0.05) is 14.0 Å². The van der Waals surface area contributed by atoms with E-state index in [9.17, 15) is 4.79 Å². The van der Waals surface area contributed by atoms with Crippen LogP contribution in [0.3, 0.4) is 0 Å². The van der Waals surface area contributed by atoms with Gasteiger partial charge in [0.05, 0.1) is 0 Å². The molecule has 1 nitrogen and oxygen atoms in total. The van der Waals surface area contributed by atoms with Gasteiger partial charge in [-0.05, 0) is 47.0 Å². The van der Waals surface area contributed by atoms with Gasteiger partial charge >= 0.3 is 0 Å². The van der Waals surface area contributed by atoms with E-state index < -0.39 is 0 Å². The minimum Gasteiger partial charge on any atom is -0.298 e. The van der Waals surface area contributed by atoms with Gasteiger partial charge in [-0.3, -0.25) is 4.79 Å². The summed E-state index contributed by atoms with van der Waals surface area (Å²) in [6.07, 6.45) is 2.86. The van der Waals surface area contributed by atoms with Crippen molar-refractivity contribution in [3.8, 4) is 0 Å². The first kappa shape index (κ1) is 9.06. The van der Waals surface area contributed by atoms with Crippen molar-refractivity contribution in [2.75, 3.05) is 6.26 Å². The van der Waals surface area contributed by atoms with E-state index in [4.69, 9.17) is 0 Å². The molecule has 58 valence electrons. The van der Waals surface area contributed by atoms with Gasteiger partial charge in [-0.25, -0.2) is 0 Å². The molecule has 0 aliphatic carbocycles. The Morgan fingerprint density at radius 3 is 2.82 bits per heavy atom. The summed E-state index contributed by atoms with van der Waals surface area (Å²) >= 11 is 3.79. The lowest BCUT2D eigenvalue weighted by molar-refractivity contribution is 0.112. The van der Waals surface area contributed by atoms with Crippen molar-refractivity contribution in [1.82, 2.24) is 0 Å². The Balaban J connectivity index is 3.16. The third kappa shape index (κ3) is 2.20. The van der Waals surface area contributed by atoms with E-state index in [-0.39, 0.29) is 0 Å². The monoisotopic (exact) mass is 278 g/mol. The van der Waals surface area contributed by atoms with Crippen molar-refractivity contribution in [2.45, 2.75) is 4.90 Å². The normalized spacial score (nSPS) is 9.64. The third-order valence-electron chi connectivity index (χ3n) is 1.32. The lowest BCUT2D eigenvalue weighted by atomic mass is 10.2. The van der Waals surface area contributed by atoms with Crippen LogP contribution in [0.5, 0.6) is 0 Å². The average molecular weight is 278 g/mol. The lowest BCUT2D eigenvalue weighted by Gasteiger charge is -1.99. The fourth-order valence-corrected chi connectivity index (χ4v) is 1.86. The number of halogens is 1. The zero-order valence-electron chi connectivity index (χ0n) is 6.00. The molecule has 1 aromatic rings. The SMILES string of the molecule is CSc1ccc(I)cc1C=O. The minimum atomic E-state index is 0.782. The highest BCUT2D eigenvalue weighted by Gasteiger charge is 1.99. The molecular weight excluding hydrogens is 271 g/mol. The number of hydrogen-bond acceptors (Lipinski definition) is 2. The predicted molar refractivity (Wildman–Crippen MR) is 56.3 cm³/mol. The summed E-state index contributed by atoms with van der Waals surface area (Å²) in [6, 6.07) is 5.86. The number of aldehydes is 1. The number of hydrogen-bond donors (Lipinski definition) is 0. The summed E-state index contributed by atoms with van der Waals surface area (Å²) in [6.45, 7) is 0. The summed E-state index contributed by atoms with van der Waals surface area (Å²) < 4.78 is 1.10. The highest BCUT2D eigenvalue weighted by molar-refractivity contribution is 14.1. The summed E-state index contributed by atoms with van der Waals surface area (Å²) in [5.41, 5.74) is 0.782. The Hall–Kier alpha value is -0.0300. The van der Waals surface area contributed by atoms with E-state index in [1.165, 1.54) is 0 Å². The van der Waals surface area contributed by atoms with Gasteiger partial charge in [-0.1, -0.05) is 0 Å². The van der Waals surface area contributed by atoms with Crippen LogP contribution in [-0.2, 0) is 0 Å². The van der Waals surface area contributed by atoms with E-state index >= 15 is 0 Å². The van der Waals surface area contributed by atoms with Gasteiger partial charge in [-0.15, -0.1) is 11.8 Å². The molecule has 0 atom stereocenters. The van der Waals surface area contributed by atoms with Gasteiger partial charge in [-0.2, -0.15) is 0 Å². The molecule has 0 saturated carbocycles. The molecule has 1 rings (SSSR count). The second-order valence-electron chi connectivity index (χ2n) is 2.00. The van der Waals surface area contributed by atoms with Gasteiger partial charge in [0.1, 0.15) is 0 Å². The quantitative estimate of drug-likeness (QED) is 0.470. The van der Waals surface area contributed by atoms with Crippen molar-refractivity contribution in [3.63, 3.8) is 0 Å². The Bertz CT molecular complexity index is 273. The van der Waals surface area contributed by atoms with Crippen LogP contribution in [0.25, 0.3) is 0 Å². The molecule has 0 amide bonds. The van der Waals surface area contributed by atoms with E-state index in [1.807, 2.05) is 24.5 Å². The largest absolute Gasteiger partial charge is 0.298 e. The van der Waals surface area contributed by atoms with Crippen molar-refractivity contribution in [1.29, 1.82) is 0 Å². The van der Waals surface area contributed by atoms with Gasteiger partial charge in [0.2, 0.25) is 0 Å². The maximum Gasteiger partial charge on any atom is 0.151 e. The first-order valence-electron chi connectivity index (χ1n) is 3.06. The fourth-order valence-electron chi connectivity index (χ4n) is 0.797. The van der Waals surface area contributed by atoms with Crippen LogP contribution in [0.4, 0.5) is 0 Å². The van der Waals surface area contributed by atoms with Crippen LogP contribution in [0, 0.1) is 3.57 Å². The highest BCUT2D eigenvalue weighted by Crippen LogP contribution is 2.20. The molecule has 0 spiro atoms. The van der Waals surface area contributed by atoms with E-state index in [0.29, 0.717) is 0 Å². The van der Waals surface area contributed by atoms with E-state index in [0.717, 1.165) is 20.3 Å². The Morgan fingerprint density at radius 1 is 1.55 bits per heavy atom. The van der Waals surface area contributed by atoms with Gasteiger partial charge in [0.25, 0.3) is 0 Å². The lowest BCUT2D eigenvalue weighted by Crippen LogP contribution is -1.84. The molecule has 1 aromatic carbocycles. The van der Waals surface area contributed by atoms with Crippen molar-refractivity contribution in [3.05, 3.63) is 27.3 Å². The molecular formula is C8H7IOS. The van der Waals surface area contributed by atoms with Crippen LogP contribution >= 0.6 is 34.4 Å². The molecule has 0 saturated heterocycles. The third-order valence-corrected chi connectivity index (χ3v) is 2.80. The molecule has 0 radical (unpaired) electrons. The van der Waals surface area contributed by atoms with Gasteiger partial charge < -0.3 is 0 Å². The molecule has 0 N–H and O–H groups in total. The average Bonchev–Trinajstić information content (AvgIpc) is 2.04. The standard InChI is InChI=1S/C8H7IOS/c1-11-8-3-2-7(9)4-6(8)5-10/h2-5H,1H3. The number of thioether (sulfide) groups is 1. The summed E-state index contributed by atoms with van der Waals surface area (Å²) in [4.78, 5) is 11.6. The maximum absolute atomic E-state index is 10.5. The molecule has 11 heavy (non-hydrogen) atoms. The van der Waals surface area contributed by atoms with Crippen molar-refractivity contribution < 1.29 is 4.79 Å². The maximum atomic E-state index is 10.5. The molecule has 0 heterocycles.